The summed E-state index contributed by atoms with van der Waals surface area (Å²) >= 11 is 0. The van der Waals surface area contributed by atoms with E-state index in [0.29, 0.717) is 35.7 Å². The van der Waals surface area contributed by atoms with Crippen LogP contribution < -0.4 is 10.1 Å². The van der Waals surface area contributed by atoms with Crippen LogP contribution in [0.1, 0.15) is 78.1 Å². The Labute approximate surface area is 365 Å². The Morgan fingerprint density at radius 3 is 2.25 bits per heavy atom. The molecule has 0 bridgehead atoms. The minimum atomic E-state index is -1.62. The number of likely N-dealkylation sites (tertiary alicyclic amines) is 1. The quantitative estimate of drug-likeness (QED) is 0.124. The number of carbonyl (C=O) groups is 3. The number of carbonyl (C=O) groups excluding carboxylic acids is 3. The number of aliphatic hydroxyl groups excluding tert-OH is 1. The number of aliphatic hydroxyl groups is 1. The maximum atomic E-state index is 15.8. The van der Waals surface area contributed by atoms with Crippen LogP contribution in [0.5, 0.6) is 5.75 Å². The van der Waals surface area contributed by atoms with Crippen molar-refractivity contribution in [1.29, 1.82) is 0 Å². The van der Waals surface area contributed by atoms with Crippen molar-refractivity contribution in [2.45, 2.75) is 68.3 Å². The van der Waals surface area contributed by atoms with Crippen molar-refractivity contribution in [3.05, 3.63) is 155 Å². The van der Waals surface area contributed by atoms with Crippen LogP contribution in [0.4, 0.5) is 5.69 Å². The van der Waals surface area contributed by atoms with Gasteiger partial charge in [-0.05, 0) is 77.6 Å². The second-order valence-electron chi connectivity index (χ2n) is 16.8. The van der Waals surface area contributed by atoms with Gasteiger partial charge in [-0.3, -0.25) is 19.3 Å². The molecule has 0 saturated carbocycles. The third kappa shape index (κ3) is 7.11. The molecule has 10 rings (SSSR count). The minimum absolute atomic E-state index is 0.112. The number of esters is 1. The van der Waals surface area contributed by atoms with Crippen LogP contribution in [-0.2, 0) is 31.1 Å². The number of anilines is 1. The van der Waals surface area contributed by atoms with Crippen molar-refractivity contribution >= 4 is 34.5 Å². The molecule has 12 heteroatoms. The lowest BCUT2D eigenvalue weighted by atomic mass is 9.65. The van der Waals surface area contributed by atoms with E-state index in [0.717, 1.165) is 59.8 Å². The molecule has 2 amide bonds. The van der Waals surface area contributed by atoms with Gasteiger partial charge in [-0.15, -0.1) is 5.10 Å². The van der Waals surface area contributed by atoms with E-state index in [1.165, 1.54) is 0 Å². The van der Waals surface area contributed by atoms with Gasteiger partial charge >= 0.3 is 5.97 Å². The van der Waals surface area contributed by atoms with Crippen molar-refractivity contribution < 1.29 is 29.0 Å². The molecule has 1 spiro atoms. The molecule has 318 valence electrons. The molecule has 4 aliphatic rings. The molecule has 5 aromatic carbocycles. The van der Waals surface area contributed by atoms with Gasteiger partial charge in [0.25, 0.3) is 0 Å². The zero-order valence-corrected chi connectivity index (χ0v) is 34.8. The van der Waals surface area contributed by atoms with Crippen molar-refractivity contribution in [2.24, 2.45) is 5.92 Å². The van der Waals surface area contributed by atoms with Crippen LogP contribution in [0, 0.1) is 17.8 Å². The number of para-hydroxylation sites is 1. The van der Waals surface area contributed by atoms with Crippen LogP contribution in [0.15, 0.2) is 127 Å². The van der Waals surface area contributed by atoms with E-state index in [1.807, 2.05) is 132 Å². The molecule has 63 heavy (non-hydrogen) atoms. The molecule has 0 unspecified atom stereocenters. The molecule has 0 radical (unpaired) electrons. The molecule has 2 N–H and O–H groups in total. The van der Waals surface area contributed by atoms with Gasteiger partial charge in [0.05, 0.1) is 30.1 Å². The first-order valence-electron chi connectivity index (χ1n) is 21.9. The van der Waals surface area contributed by atoms with Gasteiger partial charge in [0.1, 0.15) is 42.0 Å². The van der Waals surface area contributed by atoms with E-state index < -0.39 is 41.5 Å². The Bertz CT molecular complexity index is 2710. The Morgan fingerprint density at radius 1 is 0.810 bits per heavy atom. The highest BCUT2D eigenvalue weighted by atomic mass is 16.6. The SMILES string of the molecule is O=C1O[C@H](c2ccccc2)[C@H](c2ccccc2)N2[C@H]1[C@@H](C(=O)N1CCCCCCC1)[C@]1(C(=O)Nc3ccc(C#CCn4nnc5ccccc54)cc31)[C@H]2c1ccc(OCCO)cc1. The molecule has 5 heterocycles. The molecule has 4 aliphatic heterocycles. The first-order valence-corrected chi connectivity index (χ1v) is 21.9. The van der Waals surface area contributed by atoms with Crippen molar-refractivity contribution in [1.82, 2.24) is 24.8 Å². The van der Waals surface area contributed by atoms with E-state index in [2.05, 4.69) is 32.4 Å². The van der Waals surface area contributed by atoms with Crippen molar-refractivity contribution in [3.8, 4) is 17.6 Å². The molecule has 3 saturated heterocycles. The zero-order valence-electron chi connectivity index (χ0n) is 34.8. The topological polar surface area (TPSA) is 139 Å². The number of benzene rings is 5. The summed E-state index contributed by atoms with van der Waals surface area (Å²) < 4.78 is 14.2. The zero-order chi connectivity index (χ0) is 42.9. The van der Waals surface area contributed by atoms with Gasteiger partial charge in [0, 0.05) is 24.3 Å². The third-order valence-electron chi connectivity index (χ3n) is 13.2. The number of amides is 2. The van der Waals surface area contributed by atoms with Crippen molar-refractivity contribution in [3.63, 3.8) is 0 Å². The van der Waals surface area contributed by atoms with Crippen LogP contribution in [-0.4, -0.2) is 80.0 Å². The number of hydrogen-bond acceptors (Lipinski definition) is 9. The lowest BCUT2D eigenvalue weighted by Gasteiger charge is -2.46. The normalized spacial score (nSPS) is 24.4. The summed E-state index contributed by atoms with van der Waals surface area (Å²) in [6.07, 6.45) is 3.98. The fourth-order valence-electron chi connectivity index (χ4n) is 10.5. The average molecular weight is 841 g/mol. The fraction of sp³-hybridized carbons (Fsp3) is 0.314. The Balaban J connectivity index is 1.19. The Kier molecular flexibility index (Phi) is 11.0. The molecule has 12 nitrogen and oxygen atoms in total. The summed E-state index contributed by atoms with van der Waals surface area (Å²) in [5.74, 6) is 4.80. The molecular formula is C51H48N6O6. The number of hydrogen-bond donors (Lipinski definition) is 2. The third-order valence-corrected chi connectivity index (χ3v) is 13.2. The van der Waals surface area contributed by atoms with Crippen LogP contribution in [0.3, 0.4) is 0 Å². The first-order chi connectivity index (χ1) is 31.0. The molecular weight excluding hydrogens is 793 g/mol. The number of fused-ring (bicyclic) bond motifs is 4. The van der Waals surface area contributed by atoms with Crippen LogP contribution >= 0.6 is 0 Å². The largest absolute Gasteiger partial charge is 0.491 e. The summed E-state index contributed by atoms with van der Waals surface area (Å²) in [4.78, 5) is 50.7. The van der Waals surface area contributed by atoms with Crippen LogP contribution in [0.2, 0.25) is 0 Å². The van der Waals surface area contributed by atoms with Gasteiger partial charge in [0.15, 0.2) is 0 Å². The first kappa shape index (κ1) is 40.3. The van der Waals surface area contributed by atoms with Gasteiger partial charge in [-0.25, -0.2) is 4.68 Å². The lowest BCUT2D eigenvalue weighted by molar-refractivity contribution is -0.179. The Hall–Kier alpha value is -6.81. The molecule has 0 aliphatic carbocycles. The summed E-state index contributed by atoms with van der Waals surface area (Å²) in [7, 11) is 0. The second kappa shape index (κ2) is 17.2. The van der Waals surface area contributed by atoms with E-state index in [4.69, 9.17) is 9.47 Å². The van der Waals surface area contributed by atoms with Crippen LogP contribution in [0.25, 0.3) is 11.0 Å². The summed E-state index contributed by atoms with van der Waals surface area (Å²) in [6, 6.07) is 37.8. The van der Waals surface area contributed by atoms with Gasteiger partial charge < -0.3 is 24.8 Å². The lowest BCUT2D eigenvalue weighted by Crippen LogP contribution is -2.55. The molecule has 6 atom stereocenters. The molecule has 1 aromatic heterocycles. The summed E-state index contributed by atoms with van der Waals surface area (Å²) in [5, 5.41) is 21.3. The smallest absolute Gasteiger partial charge is 0.324 e. The second-order valence-corrected chi connectivity index (χ2v) is 16.8. The highest BCUT2D eigenvalue weighted by molar-refractivity contribution is 6.12. The number of nitrogens with zero attached hydrogens (tertiary/aromatic N) is 5. The highest BCUT2D eigenvalue weighted by Crippen LogP contribution is 2.65. The number of ether oxygens (including phenoxy) is 2. The standard InChI is InChI=1S/C51H48N6O6/c58-31-32-62-38-25-23-37(24-26-38)47-51(39-33-34(22-27-40(39)52-50(51)61)15-14-30-56-42-21-11-10-20-41(42)53-54-56)43(48(59)55-28-12-2-1-3-13-29-55)45-49(60)63-46(36-18-8-5-9-19-36)44(57(45)47)35-16-6-4-7-17-35/h4-11,16-27,33,43-47,58H,1-3,12-13,28-32H2,(H,52,61)/t43-,44-,45-,46+,47+,51-/m0/s1. The number of rotatable bonds is 8. The highest BCUT2D eigenvalue weighted by Gasteiger charge is 2.74. The monoisotopic (exact) mass is 840 g/mol. The van der Waals surface area contributed by atoms with E-state index >= 15 is 14.4 Å². The summed E-state index contributed by atoms with van der Waals surface area (Å²) in [5.41, 5.74) is 4.24. The van der Waals surface area contributed by atoms with Gasteiger partial charge in [-0.2, -0.15) is 0 Å². The predicted molar refractivity (Wildman–Crippen MR) is 236 cm³/mol. The number of nitrogens with one attached hydrogen (secondary N) is 1. The maximum absolute atomic E-state index is 15.8. The van der Waals surface area contributed by atoms with Gasteiger partial charge in [0.2, 0.25) is 11.8 Å². The molecule has 3 fully saturated rings. The minimum Gasteiger partial charge on any atom is -0.491 e. The van der Waals surface area contributed by atoms with E-state index in [1.54, 1.807) is 4.68 Å². The van der Waals surface area contributed by atoms with E-state index in [-0.39, 0.29) is 31.6 Å². The van der Waals surface area contributed by atoms with E-state index in [9.17, 15) is 5.11 Å². The average Bonchev–Trinajstić information content (AvgIpc) is 3.96. The number of cyclic esters (lactones) is 1. The number of aromatic nitrogens is 3. The number of morpholine rings is 1. The Morgan fingerprint density at radius 2 is 1.51 bits per heavy atom. The maximum Gasteiger partial charge on any atom is 0.324 e. The summed E-state index contributed by atoms with van der Waals surface area (Å²) in [6.45, 7) is 1.30. The van der Waals surface area contributed by atoms with Gasteiger partial charge in [-0.1, -0.05) is 121 Å². The predicted octanol–water partition coefficient (Wildman–Crippen LogP) is 6.92. The molecule has 6 aromatic rings. The van der Waals surface area contributed by atoms with Crippen molar-refractivity contribution in [2.75, 3.05) is 31.6 Å². The fourth-order valence-corrected chi connectivity index (χ4v) is 10.5.